The summed E-state index contributed by atoms with van der Waals surface area (Å²) in [6, 6.07) is 6.92. The molecule has 6 nitrogen and oxygen atoms in total. The Morgan fingerprint density at radius 3 is 2.47 bits per heavy atom. The highest BCUT2D eigenvalue weighted by atomic mass is 16.6. The number of amides is 1. The zero-order chi connectivity index (χ0) is 14.3. The SMILES string of the molecule is CCNC(=O)CC(N)C(=O)OC(=O)c1ccccc1. The smallest absolute Gasteiger partial charge is 0.345 e. The molecule has 1 aromatic rings. The van der Waals surface area contributed by atoms with E-state index in [4.69, 9.17) is 5.73 Å². The van der Waals surface area contributed by atoms with Gasteiger partial charge in [-0.25, -0.2) is 9.59 Å². The van der Waals surface area contributed by atoms with Gasteiger partial charge in [-0.2, -0.15) is 0 Å². The second kappa shape index (κ2) is 7.27. The van der Waals surface area contributed by atoms with Crippen molar-refractivity contribution in [3.8, 4) is 0 Å². The van der Waals surface area contributed by atoms with E-state index in [1.807, 2.05) is 0 Å². The highest BCUT2D eigenvalue weighted by molar-refractivity contribution is 5.99. The molecule has 0 radical (unpaired) electrons. The van der Waals surface area contributed by atoms with Crippen molar-refractivity contribution in [2.45, 2.75) is 19.4 Å². The second-order valence-corrected chi connectivity index (χ2v) is 3.84. The van der Waals surface area contributed by atoms with E-state index in [9.17, 15) is 14.4 Å². The van der Waals surface area contributed by atoms with Gasteiger partial charge in [-0.15, -0.1) is 0 Å². The van der Waals surface area contributed by atoms with Crippen LogP contribution >= 0.6 is 0 Å². The molecule has 0 fully saturated rings. The molecule has 1 aromatic carbocycles. The third kappa shape index (κ3) is 4.89. The summed E-state index contributed by atoms with van der Waals surface area (Å²) < 4.78 is 4.59. The van der Waals surface area contributed by atoms with Crippen molar-refractivity contribution >= 4 is 17.8 Å². The van der Waals surface area contributed by atoms with Crippen LogP contribution < -0.4 is 11.1 Å². The molecule has 1 unspecified atom stereocenters. The van der Waals surface area contributed by atoms with Crippen molar-refractivity contribution < 1.29 is 19.1 Å². The first kappa shape index (κ1) is 14.8. The third-order valence-corrected chi connectivity index (χ3v) is 2.28. The van der Waals surface area contributed by atoms with Gasteiger partial charge in [0.2, 0.25) is 5.91 Å². The summed E-state index contributed by atoms with van der Waals surface area (Å²) in [5, 5.41) is 2.50. The van der Waals surface area contributed by atoms with Crippen LogP contribution in [0.3, 0.4) is 0 Å². The van der Waals surface area contributed by atoms with Crippen LogP contribution in [0.4, 0.5) is 0 Å². The largest absolute Gasteiger partial charge is 0.388 e. The number of ether oxygens (including phenoxy) is 1. The first-order valence-corrected chi connectivity index (χ1v) is 5.88. The Balaban J connectivity index is 2.50. The molecular formula is C13H16N2O4. The predicted octanol–water partition coefficient (Wildman–Crippen LogP) is 0.224. The third-order valence-electron chi connectivity index (χ3n) is 2.28. The molecule has 102 valence electrons. The summed E-state index contributed by atoms with van der Waals surface area (Å²) in [6.07, 6.45) is -0.214. The number of esters is 2. The molecule has 1 atom stereocenters. The number of carbonyl (C=O) groups excluding carboxylic acids is 3. The maximum atomic E-state index is 11.6. The monoisotopic (exact) mass is 264 g/mol. The van der Waals surface area contributed by atoms with Crippen molar-refractivity contribution in [3.63, 3.8) is 0 Å². The van der Waals surface area contributed by atoms with Crippen molar-refractivity contribution in [2.75, 3.05) is 6.54 Å². The average Bonchev–Trinajstić information content (AvgIpc) is 2.39. The van der Waals surface area contributed by atoms with E-state index in [0.717, 1.165) is 0 Å². The lowest BCUT2D eigenvalue weighted by atomic mass is 10.2. The maximum absolute atomic E-state index is 11.6. The fourth-order valence-electron chi connectivity index (χ4n) is 1.35. The minimum absolute atomic E-state index is 0.214. The number of hydrogen-bond acceptors (Lipinski definition) is 5. The van der Waals surface area contributed by atoms with E-state index in [0.29, 0.717) is 6.54 Å². The maximum Gasteiger partial charge on any atom is 0.345 e. The number of nitrogens with one attached hydrogen (secondary N) is 1. The zero-order valence-electron chi connectivity index (χ0n) is 10.6. The molecule has 19 heavy (non-hydrogen) atoms. The van der Waals surface area contributed by atoms with Crippen LogP contribution in [0.25, 0.3) is 0 Å². The first-order valence-electron chi connectivity index (χ1n) is 5.88. The summed E-state index contributed by atoms with van der Waals surface area (Å²) >= 11 is 0. The summed E-state index contributed by atoms with van der Waals surface area (Å²) in [4.78, 5) is 34.3. The van der Waals surface area contributed by atoms with Gasteiger partial charge in [0, 0.05) is 6.54 Å². The van der Waals surface area contributed by atoms with E-state index in [1.54, 1.807) is 25.1 Å². The lowest BCUT2D eigenvalue weighted by Crippen LogP contribution is -2.39. The van der Waals surface area contributed by atoms with Gasteiger partial charge < -0.3 is 15.8 Å². The van der Waals surface area contributed by atoms with Crippen LogP contribution in [0.1, 0.15) is 23.7 Å². The standard InChI is InChI=1S/C13H16N2O4/c1-2-15-11(16)8-10(14)13(18)19-12(17)9-6-4-3-5-7-9/h3-7,10H,2,8,14H2,1H3,(H,15,16). The highest BCUT2D eigenvalue weighted by Crippen LogP contribution is 2.03. The van der Waals surface area contributed by atoms with Crippen LogP contribution in [0, 0.1) is 0 Å². The molecule has 0 bridgehead atoms. The van der Waals surface area contributed by atoms with E-state index in [2.05, 4.69) is 10.1 Å². The summed E-state index contributed by atoms with van der Waals surface area (Å²) in [7, 11) is 0. The Bertz CT molecular complexity index is 459. The minimum Gasteiger partial charge on any atom is -0.388 e. The lowest BCUT2D eigenvalue weighted by Gasteiger charge is -2.10. The Hall–Kier alpha value is -2.21. The van der Waals surface area contributed by atoms with E-state index >= 15 is 0 Å². The highest BCUT2D eigenvalue weighted by Gasteiger charge is 2.22. The van der Waals surface area contributed by atoms with Crippen LogP contribution in [0.15, 0.2) is 30.3 Å². The second-order valence-electron chi connectivity index (χ2n) is 3.84. The normalized spacial score (nSPS) is 11.5. The molecule has 6 heteroatoms. The number of carbonyl (C=O) groups is 3. The molecule has 1 rings (SSSR count). The van der Waals surface area contributed by atoms with Gasteiger partial charge in [-0.1, -0.05) is 18.2 Å². The van der Waals surface area contributed by atoms with E-state index < -0.39 is 18.0 Å². The van der Waals surface area contributed by atoms with Gasteiger partial charge in [-0.3, -0.25) is 4.79 Å². The van der Waals surface area contributed by atoms with Crippen molar-refractivity contribution in [1.29, 1.82) is 0 Å². The van der Waals surface area contributed by atoms with Crippen molar-refractivity contribution in [1.82, 2.24) is 5.32 Å². The Morgan fingerprint density at radius 1 is 1.26 bits per heavy atom. The molecule has 0 aromatic heterocycles. The summed E-state index contributed by atoms with van der Waals surface area (Å²) in [5.41, 5.74) is 5.74. The van der Waals surface area contributed by atoms with Gasteiger partial charge >= 0.3 is 11.9 Å². The van der Waals surface area contributed by atoms with Crippen LogP contribution in [0.5, 0.6) is 0 Å². The topological polar surface area (TPSA) is 98.5 Å². The Kier molecular flexibility index (Phi) is 5.69. The van der Waals surface area contributed by atoms with Crippen molar-refractivity contribution in [2.24, 2.45) is 5.73 Å². The van der Waals surface area contributed by atoms with Gasteiger partial charge in [0.1, 0.15) is 6.04 Å². The molecule has 1 amide bonds. The Morgan fingerprint density at radius 2 is 1.89 bits per heavy atom. The zero-order valence-corrected chi connectivity index (χ0v) is 10.6. The molecule has 0 spiro atoms. The fraction of sp³-hybridized carbons (Fsp3) is 0.308. The summed E-state index contributed by atoms with van der Waals surface area (Å²) in [6.45, 7) is 2.20. The molecule has 0 aliphatic rings. The van der Waals surface area contributed by atoms with Crippen LogP contribution in [0.2, 0.25) is 0 Å². The number of hydrogen-bond donors (Lipinski definition) is 2. The Labute approximate surface area is 110 Å². The molecule has 0 saturated heterocycles. The molecule has 0 aliphatic heterocycles. The van der Waals surface area contributed by atoms with Gasteiger partial charge in [0.05, 0.1) is 12.0 Å². The molecular weight excluding hydrogens is 248 g/mol. The molecule has 0 aliphatic carbocycles. The lowest BCUT2D eigenvalue weighted by molar-refractivity contribution is -0.141. The quantitative estimate of drug-likeness (QED) is 0.585. The summed E-state index contributed by atoms with van der Waals surface area (Å²) in [5.74, 6) is -2.06. The molecule has 0 heterocycles. The first-order chi connectivity index (χ1) is 9.04. The fourth-order valence-corrected chi connectivity index (χ4v) is 1.35. The number of benzene rings is 1. The number of rotatable bonds is 5. The van der Waals surface area contributed by atoms with Gasteiger partial charge in [0.25, 0.3) is 0 Å². The van der Waals surface area contributed by atoms with Crippen molar-refractivity contribution in [3.05, 3.63) is 35.9 Å². The van der Waals surface area contributed by atoms with Gasteiger partial charge in [0.15, 0.2) is 0 Å². The van der Waals surface area contributed by atoms with E-state index in [1.165, 1.54) is 12.1 Å². The van der Waals surface area contributed by atoms with Crippen LogP contribution in [-0.2, 0) is 14.3 Å². The molecule has 3 N–H and O–H groups in total. The van der Waals surface area contributed by atoms with Crippen LogP contribution in [-0.4, -0.2) is 30.4 Å². The average molecular weight is 264 g/mol. The van der Waals surface area contributed by atoms with E-state index in [-0.39, 0.29) is 17.9 Å². The van der Waals surface area contributed by atoms with Gasteiger partial charge in [-0.05, 0) is 19.1 Å². The number of nitrogens with two attached hydrogens (primary N) is 1. The minimum atomic E-state index is -1.15. The molecule has 0 saturated carbocycles. The predicted molar refractivity (Wildman–Crippen MR) is 68.1 cm³/mol.